The molecule has 2 rings (SSSR count). The summed E-state index contributed by atoms with van der Waals surface area (Å²) >= 11 is 0. The zero-order chi connectivity index (χ0) is 11.5. The number of fused-ring (bicyclic) bond motifs is 1. The van der Waals surface area contributed by atoms with E-state index in [1.807, 2.05) is 6.07 Å². The van der Waals surface area contributed by atoms with Crippen molar-refractivity contribution in [1.29, 1.82) is 0 Å². The van der Waals surface area contributed by atoms with Crippen LogP contribution in [0.25, 0.3) is 11.7 Å². The fraction of sp³-hybridized carbons (Fsp3) is 0.0909. The van der Waals surface area contributed by atoms with Gasteiger partial charge in [0, 0.05) is 12.3 Å². The molecule has 0 atom stereocenters. The van der Waals surface area contributed by atoms with Crippen LogP contribution in [0.3, 0.4) is 0 Å². The second-order valence-electron chi connectivity index (χ2n) is 3.12. The summed E-state index contributed by atoms with van der Waals surface area (Å²) in [6.07, 6.45) is 5.95. The Kier molecular flexibility index (Phi) is 2.59. The molecule has 1 N–H and O–H groups in total. The summed E-state index contributed by atoms with van der Waals surface area (Å²) in [4.78, 5) is 14.6. The average molecular weight is 218 g/mol. The lowest BCUT2D eigenvalue weighted by Crippen LogP contribution is -1.92. The zero-order valence-corrected chi connectivity index (χ0v) is 8.62. The Bertz CT molecular complexity index is 557. The van der Waals surface area contributed by atoms with E-state index in [4.69, 9.17) is 9.84 Å². The normalized spacial score (nSPS) is 11.1. The summed E-state index contributed by atoms with van der Waals surface area (Å²) < 4.78 is 6.90. The van der Waals surface area contributed by atoms with Gasteiger partial charge in [-0.25, -0.2) is 9.78 Å². The maximum absolute atomic E-state index is 10.4. The van der Waals surface area contributed by atoms with Crippen LogP contribution in [0.2, 0.25) is 0 Å². The monoisotopic (exact) mass is 218 g/mol. The van der Waals surface area contributed by atoms with Gasteiger partial charge >= 0.3 is 5.97 Å². The van der Waals surface area contributed by atoms with Gasteiger partial charge in [0.1, 0.15) is 0 Å². The number of nitrogens with zero attached hydrogens (tertiary/aromatic N) is 2. The predicted octanol–water partition coefficient (Wildman–Crippen LogP) is 1.44. The Morgan fingerprint density at radius 3 is 3.12 bits per heavy atom. The number of carboxylic acids is 1. The molecule has 0 radical (unpaired) electrons. The number of rotatable bonds is 3. The lowest BCUT2D eigenvalue weighted by molar-refractivity contribution is -0.131. The van der Waals surface area contributed by atoms with Gasteiger partial charge in [-0.05, 0) is 18.2 Å². The van der Waals surface area contributed by atoms with E-state index in [1.54, 1.807) is 30.0 Å². The smallest absolute Gasteiger partial charge is 0.328 e. The Labute approximate surface area is 91.6 Å². The highest BCUT2D eigenvalue weighted by molar-refractivity contribution is 5.85. The molecule has 0 bridgehead atoms. The molecule has 0 aliphatic rings. The Morgan fingerprint density at radius 1 is 1.62 bits per heavy atom. The fourth-order valence-electron chi connectivity index (χ4n) is 1.44. The predicted molar refractivity (Wildman–Crippen MR) is 58.4 cm³/mol. The van der Waals surface area contributed by atoms with E-state index >= 15 is 0 Å². The molecule has 2 aromatic heterocycles. The molecule has 0 unspecified atom stereocenters. The second-order valence-corrected chi connectivity index (χ2v) is 3.12. The number of imidazole rings is 1. The first-order chi connectivity index (χ1) is 7.72. The molecular weight excluding hydrogens is 208 g/mol. The van der Waals surface area contributed by atoms with E-state index in [1.165, 1.54) is 6.08 Å². The fourth-order valence-corrected chi connectivity index (χ4v) is 1.44. The molecule has 0 saturated heterocycles. The molecule has 0 amide bonds. The standard InChI is InChI=1S/C11H10N2O3/c1-16-9-3-2-6-13-8(4-5-10(14)15)7-12-11(9)13/h2-7H,1H3,(H,14,15)/b5-4+. The van der Waals surface area contributed by atoms with Crippen molar-refractivity contribution in [3.63, 3.8) is 0 Å². The molecule has 0 aliphatic carbocycles. The molecule has 82 valence electrons. The van der Waals surface area contributed by atoms with Crippen LogP contribution < -0.4 is 4.74 Å². The van der Waals surface area contributed by atoms with Gasteiger partial charge in [0.15, 0.2) is 11.4 Å². The van der Waals surface area contributed by atoms with Crippen LogP contribution in [0.15, 0.2) is 30.6 Å². The molecule has 2 heterocycles. The third-order valence-corrected chi connectivity index (χ3v) is 2.15. The lowest BCUT2D eigenvalue weighted by Gasteiger charge is -2.01. The van der Waals surface area contributed by atoms with E-state index in [2.05, 4.69) is 4.98 Å². The average Bonchev–Trinajstić information content (AvgIpc) is 2.69. The van der Waals surface area contributed by atoms with Crippen LogP contribution in [0, 0.1) is 0 Å². The molecular formula is C11H10N2O3. The number of pyridine rings is 1. The zero-order valence-electron chi connectivity index (χ0n) is 8.62. The van der Waals surface area contributed by atoms with E-state index in [9.17, 15) is 4.79 Å². The molecule has 16 heavy (non-hydrogen) atoms. The topological polar surface area (TPSA) is 63.8 Å². The quantitative estimate of drug-likeness (QED) is 0.792. The Balaban J connectivity index is 2.53. The maximum atomic E-state index is 10.4. The molecule has 5 heteroatoms. The first-order valence-electron chi connectivity index (χ1n) is 4.63. The first-order valence-corrected chi connectivity index (χ1v) is 4.63. The molecule has 0 aromatic carbocycles. The number of aromatic nitrogens is 2. The highest BCUT2D eigenvalue weighted by Gasteiger charge is 2.05. The largest absolute Gasteiger partial charge is 0.493 e. The summed E-state index contributed by atoms with van der Waals surface area (Å²) in [5, 5.41) is 8.54. The number of hydrogen-bond acceptors (Lipinski definition) is 3. The molecule has 0 aliphatic heterocycles. The number of ether oxygens (including phenoxy) is 1. The number of hydrogen-bond donors (Lipinski definition) is 1. The SMILES string of the molecule is COc1cccn2c(/C=C/C(=O)O)cnc12. The summed E-state index contributed by atoms with van der Waals surface area (Å²) in [5.74, 6) is -0.338. The molecule has 0 fully saturated rings. The minimum Gasteiger partial charge on any atom is -0.493 e. The summed E-state index contributed by atoms with van der Waals surface area (Å²) in [7, 11) is 1.57. The van der Waals surface area contributed by atoms with E-state index in [-0.39, 0.29) is 0 Å². The summed E-state index contributed by atoms with van der Waals surface area (Å²) in [6, 6.07) is 3.61. The van der Waals surface area contributed by atoms with Gasteiger partial charge in [-0.15, -0.1) is 0 Å². The molecule has 5 nitrogen and oxygen atoms in total. The lowest BCUT2D eigenvalue weighted by atomic mass is 10.4. The number of aliphatic carboxylic acids is 1. The van der Waals surface area contributed by atoms with Crippen molar-refractivity contribution in [3.05, 3.63) is 36.3 Å². The third kappa shape index (κ3) is 1.75. The van der Waals surface area contributed by atoms with Gasteiger partial charge in [-0.2, -0.15) is 0 Å². The molecule has 0 spiro atoms. The van der Waals surface area contributed by atoms with Crippen molar-refractivity contribution >= 4 is 17.7 Å². The van der Waals surface area contributed by atoms with Crippen LogP contribution in [-0.4, -0.2) is 27.6 Å². The molecule has 0 saturated carbocycles. The van der Waals surface area contributed by atoms with Crippen molar-refractivity contribution in [3.8, 4) is 5.75 Å². The number of carbonyl (C=O) groups is 1. The van der Waals surface area contributed by atoms with E-state index in [0.29, 0.717) is 17.1 Å². The van der Waals surface area contributed by atoms with E-state index in [0.717, 1.165) is 6.08 Å². The van der Waals surface area contributed by atoms with Crippen LogP contribution in [0.4, 0.5) is 0 Å². The Morgan fingerprint density at radius 2 is 2.44 bits per heavy atom. The van der Waals surface area contributed by atoms with Gasteiger partial charge in [-0.3, -0.25) is 4.40 Å². The number of carboxylic acid groups (broad SMARTS) is 1. The third-order valence-electron chi connectivity index (χ3n) is 2.15. The van der Waals surface area contributed by atoms with Gasteiger partial charge in [0.2, 0.25) is 0 Å². The van der Waals surface area contributed by atoms with Crippen LogP contribution in [-0.2, 0) is 4.79 Å². The summed E-state index contributed by atoms with van der Waals surface area (Å²) in [5.41, 5.74) is 1.35. The van der Waals surface area contributed by atoms with Crippen molar-refractivity contribution < 1.29 is 14.6 Å². The second kappa shape index (κ2) is 4.06. The van der Waals surface area contributed by atoms with Gasteiger partial charge < -0.3 is 9.84 Å². The van der Waals surface area contributed by atoms with E-state index < -0.39 is 5.97 Å². The van der Waals surface area contributed by atoms with Gasteiger partial charge in [-0.1, -0.05) is 0 Å². The minimum absolute atomic E-state index is 0.650. The van der Waals surface area contributed by atoms with Crippen LogP contribution in [0.5, 0.6) is 5.75 Å². The van der Waals surface area contributed by atoms with Crippen LogP contribution >= 0.6 is 0 Å². The Hall–Kier alpha value is -2.30. The number of methoxy groups -OCH3 is 1. The highest BCUT2D eigenvalue weighted by atomic mass is 16.5. The van der Waals surface area contributed by atoms with Crippen molar-refractivity contribution in [1.82, 2.24) is 9.38 Å². The first kappa shape index (κ1) is 10.2. The highest BCUT2D eigenvalue weighted by Crippen LogP contribution is 2.19. The van der Waals surface area contributed by atoms with Gasteiger partial charge in [0.05, 0.1) is 19.0 Å². The van der Waals surface area contributed by atoms with Gasteiger partial charge in [0.25, 0.3) is 0 Å². The van der Waals surface area contributed by atoms with Crippen molar-refractivity contribution in [2.24, 2.45) is 0 Å². The van der Waals surface area contributed by atoms with Crippen LogP contribution in [0.1, 0.15) is 5.69 Å². The molecule has 2 aromatic rings. The van der Waals surface area contributed by atoms with Crippen molar-refractivity contribution in [2.75, 3.05) is 7.11 Å². The maximum Gasteiger partial charge on any atom is 0.328 e. The summed E-state index contributed by atoms with van der Waals surface area (Å²) in [6.45, 7) is 0. The minimum atomic E-state index is -0.988. The van der Waals surface area contributed by atoms with Crippen molar-refractivity contribution in [2.45, 2.75) is 0 Å².